The van der Waals surface area contributed by atoms with Crippen LogP contribution in [0.5, 0.6) is 0 Å². The zero-order chi connectivity index (χ0) is 9.26. The second kappa shape index (κ2) is 3.80. The fourth-order valence-electron chi connectivity index (χ4n) is 1.76. The van der Waals surface area contributed by atoms with Gasteiger partial charge in [0, 0.05) is 12.6 Å². The van der Waals surface area contributed by atoms with Crippen molar-refractivity contribution in [2.45, 2.75) is 32.2 Å². The predicted molar refractivity (Wildman–Crippen MR) is 55.6 cm³/mol. The first kappa shape index (κ1) is 9.21. The van der Waals surface area contributed by atoms with Gasteiger partial charge in [0.15, 0.2) is 11.0 Å². The second-order valence-electron chi connectivity index (χ2n) is 3.42. The average Bonchev–Trinajstić information content (AvgIpc) is 2.52. The molecule has 13 heavy (non-hydrogen) atoms. The Labute approximate surface area is 87.0 Å². The van der Waals surface area contributed by atoms with E-state index in [1.54, 1.807) is 0 Å². The Balaban J connectivity index is 2.19. The molecule has 3 nitrogen and oxygen atoms in total. The first-order valence-electron chi connectivity index (χ1n) is 4.53. The van der Waals surface area contributed by atoms with Crippen LogP contribution in [0.15, 0.2) is 0 Å². The molecule has 0 saturated carbocycles. The van der Waals surface area contributed by atoms with Gasteiger partial charge in [-0.3, -0.25) is 0 Å². The highest BCUT2D eigenvalue weighted by Gasteiger charge is 2.22. The van der Waals surface area contributed by atoms with E-state index in [2.05, 4.69) is 20.6 Å². The standard InChI is InChI=1S/C8H12ClN3S/c1-6-4-2-3-5-12(6)8-7(9)10-13-11-8/h6H,2-5H2,1H3. The van der Waals surface area contributed by atoms with Gasteiger partial charge in [0.2, 0.25) is 0 Å². The summed E-state index contributed by atoms with van der Waals surface area (Å²) in [5.41, 5.74) is 0. The van der Waals surface area contributed by atoms with Crippen molar-refractivity contribution in [3.8, 4) is 0 Å². The molecular formula is C8H12ClN3S. The molecule has 2 rings (SSSR count). The zero-order valence-electron chi connectivity index (χ0n) is 7.53. The normalized spacial score (nSPS) is 23.5. The van der Waals surface area contributed by atoms with Crippen molar-refractivity contribution < 1.29 is 0 Å². The highest BCUT2D eigenvalue weighted by molar-refractivity contribution is 6.99. The van der Waals surface area contributed by atoms with Crippen molar-refractivity contribution in [1.82, 2.24) is 8.75 Å². The number of hydrogen-bond acceptors (Lipinski definition) is 4. The summed E-state index contributed by atoms with van der Waals surface area (Å²) in [4.78, 5) is 2.26. The zero-order valence-corrected chi connectivity index (χ0v) is 9.11. The predicted octanol–water partition coefficient (Wildman–Crippen LogP) is 2.57. The third-order valence-corrected chi connectivity index (χ3v) is 3.38. The fourth-order valence-corrected chi connectivity index (χ4v) is 2.51. The van der Waals surface area contributed by atoms with Crippen LogP contribution in [0.3, 0.4) is 0 Å². The molecule has 1 aromatic rings. The molecule has 0 bridgehead atoms. The number of anilines is 1. The van der Waals surface area contributed by atoms with E-state index in [-0.39, 0.29) is 0 Å². The summed E-state index contributed by atoms with van der Waals surface area (Å²) < 4.78 is 8.19. The maximum Gasteiger partial charge on any atom is 0.187 e. The monoisotopic (exact) mass is 217 g/mol. The van der Waals surface area contributed by atoms with Crippen molar-refractivity contribution in [2.24, 2.45) is 0 Å². The van der Waals surface area contributed by atoms with Crippen LogP contribution in [-0.2, 0) is 0 Å². The topological polar surface area (TPSA) is 29.0 Å². The van der Waals surface area contributed by atoms with Gasteiger partial charge in [-0.15, -0.1) is 0 Å². The molecular weight excluding hydrogens is 206 g/mol. The molecule has 72 valence electrons. The summed E-state index contributed by atoms with van der Waals surface area (Å²) >= 11 is 7.12. The molecule has 1 atom stereocenters. The third-order valence-electron chi connectivity index (χ3n) is 2.51. The quantitative estimate of drug-likeness (QED) is 0.724. The van der Waals surface area contributed by atoms with Crippen molar-refractivity contribution in [3.05, 3.63) is 5.15 Å². The maximum atomic E-state index is 5.93. The fraction of sp³-hybridized carbons (Fsp3) is 0.750. The molecule has 1 unspecified atom stereocenters. The summed E-state index contributed by atoms with van der Waals surface area (Å²) in [6, 6.07) is 0.551. The van der Waals surface area contributed by atoms with Crippen LogP contribution in [0.25, 0.3) is 0 Å². The van der Waals surface area contributed by atoms with E-state index in [1.807, 2.05) is 0 Å². The van der Waals surface area contributed by atoms with Crippen LogP contribution >= 0.6 is 23.3 Å². The van der Waals surface area contributed by atoms with Crippen molar-refractivity contribution >= 4 is 29.1 Å². The van der Waals surface area contributed by atoms with E-state index in [0.717, 1.165) is 12.4 Å². The molecule has 1 aliphatic heterocycles. The lowest BCUT2D eigenvalue weighted by Crippen LogP contribution is -2.37. The summed E-state index contributed by atoms with van der Waals surface area (Å²) in [7, 11) is 0. The Kier molecular flexibility index (Phi) is 2.69. The molecule has 1 aliphatic rings. The van der Waals surface area contributed by atoms with Crippen LogP contribution in [0.2, 0.25) is 5.15 Å². The second-order valence-corrected chi connectivity index (χ2v) is 4.30. The minimum absolute atomic E-state index is 0.551. The number of aromatic nitrogens is 2. The van der Waals surface area contributed by atoms with Gasteiger partial charge < -0.3 is 4.90 Å². The van der Waals surface area contributed by atoms with Gasteiger partial charge in [-0.2, -0.15) is 8.75 Å². The first-order chi connectivity index (χ1) is 6.29. The highest BCUT2D eigenvalue weighted by Crippen LogP contribution is 2.28. The Morgan fingerprint density at radius 2 is 2.31 bits per heavy atom. The minimum Gasteiger partial charge on any atom is -0.350 e. The largest absolute Gasteiger partial charge is 0.350 e. The van der Waals surface area contributed by atoms with Gasteiger partial charge in [-0.25, -0.2) is 0 Å². The van der Waals surface area contributed by atoms with Crippen molar-refractivity contribution in [1.29, 1.82) is 0 Å². The lowest BCUT2D eigenvalue weighted by Gasteiger charge is -2.33. The van der Waals surface area contributed by atoms with Crippen LogP contribution in [0.4, 0.5) is 5.82 Å². The lowest BCUT2D eigenvalue weighted by molar-refractivity contribution is 0.482. The molecule has 2 heterocycles. The number of rotatable bonds is 1. The van der Waals surface area contributed by atoms with Crippen molar-refractivity contribution in [2.75, 3.05) is 11.4 Å². The highest BCUT2D eigenvalue weighted by atomic mass is 35.5. The van der Waals surface area contributed by atoms with Crippen LogP contribution in [0.1, 0.15) is 26.2 Å². The molecule has 1 fully saturated rings. The number of piperidine rings is 1. The Hall–Kier alpha value is -0.350. The van der Waals surface area contributed by atoms with Crippen LogP contribution in [-0.4, -0.2) is 21.3 Å². The molecule has 1 saturated heterocycles. The molecule has 0 amide bonds. The maximum absolute atomic E-state index is 5.93. The molecule has 0 radical (unpaired) electrons. The van der Waals surface area contributed by atoms with Gasteiger partial charge in [0.25, 0.3) is 0 Å². The Bertz CT molecular complexity index is 289. The molecule has 0 aliphatic carbocycles. The summed E-state index contributed by atoms with van der Waals surface area (Å²) in [5.74, 6) is 0.874. The smallest absolute Gasteiger partial charge is 0.187 e. The van der Waals surface area contributed by atoms with Crippen LogP contribution < -0.4 is 4.90 Å². The summed E-state index contributed by atoms with van der Waals surface area (Å²) in [6.07, 6.45) is 3.78. The van der Waals surface area contributed by atoms with E-state index in [4.69, 9.17) is 11.6 Å². The van der Waals surface area contributed by atoms with Crippen LogP contribution in [0, 0.1) is 0 Å². The lowest BCUT2D eigenvalue weighted by atomic mass is 10.0. The van der Waals surface area contributed by atoms with E-state index in [9.17, 15) is 0 Å². The SMILES string of the molecule is CC1CCCCN1c1nsnc1Cl. The number of halogens is 1. The Morgan fingerprint density at radius 1 is 1.46 bits per heavy atom. The summed E-state index contributed by atoms with van der Waals surface area (Å²) in [6.45, 7) is 3.28. The van der Waals surface area contributed by atoms with E-state index < -0.39 is 0 Å². The number of nitrogens with zero attached hydrogens (tertiary/aromatic N) is 3. The average molecular weight is 218 g/mol. The third kappa shape index (κ3) is 1.79. The molecule has 1 aromatic heterocycles. The molecule has 0 spiro atoms. The molecule has 0 aromatic carbocycles. The van der Waals surface area contributed by atoms with Crippen molar-refractivity contribution in [3.63, 3.8) is 0 Å². The number of hydrogen-bond donors (Lipinski definition) is 0. The van der Waals surface area contributed by atoms with Gasteiger partial charge in [-0.1, -0.05) is 11.6 Å². The van der Waals surface area contributed by atoms with E-state index in [0.29, 0.717) is 11.2 Å². The van der Waals surface area contributed by atoms with Gasteiger partial charge in [0.05, 0.1) is 11.7 Å². The molecule has 5 heteroatoms. The van der Waals surface area contributed by atoms with E-state index >= 15 is 0 Å². The molecule has 0 N–H and O–H groups in total. The van der Waals surface area contributed by atoms with Gasteiger partial charge in [-0.05, 0) is 26.2 Å². The van der Waals surface area contributed by atoms with E-state index in [1.165, 1.54) is 31.0 Å². The Morgan fingerprint density at radius 3 is 2.92 bits per heavy atom. The minimum atomic E-state index is 0.551. The first-order valence-corrected chi connectivity index (χ1v) is 5.64. The van der Waals surface area contributed by atoms with Gasteiger partial charge in [0.1, 0.15) is 0 Å². The summed E-state index contributed by atoms with van der Waals surface area (Å²) in [5, 5.41) is 0.554. The van der Waals surface area contributed by atoms with Gasteiger partial charge >= 0.3 is 0 Å².